The lowest BCUT2D eigenvalue weighted by atomic mass is 9.51. The molecule has 12 heteroatoms. The fourth-order valence-corrected chi connectivity index (χ4v) is 10.4. The smallest absolute Gasteiger partial charge is 0.242 e. The first kappa shape index (κ1) is 31.8. The zero-order valence-corrected chi connectivity index (χ0v) is 29.3. The van der Waals surface area contributed by atoms with Crippen LogP contribution in [0.3, 0.4) is 0 Å². The van der Waals surface area contributed by atoms with Crippen LogP contribution in [0, 0.1) is 36.0 Å². The number of carbonyl (C=O) groups is 4. The molecule has 3 fully saturated rings. The molecule has 2 aliphatic carbocycles. The van der Waals surface area contributed by atoms with Gasteiger partial charge in [-0.05, 0) is 86.4 Å². The summed E-state index contributed by atoms with van der Waals surface area (Å²) in [6, 6.07) is 12.5. The number of fused-ring (bicyclic) bond motifs is 5. The number of ether oxygens (including phenoxy) is 1. The van der Waals surface area contributed by atoms with E-state index in [0.29, 0.717) is 28.5 Å². The number of benzene rings is 2. The molecule has 4 aliphatic rings. The standard InChI is InChI=1S/C37H35ClN4O6S/c1-6-41-33(44)21-10-9-20-23(30(21)35(41)46)15-24-34(45)42(36(47)37(24,3)31(20)18-7-11-26(43)27(13-18)48-5)29-16-25(39-40(29)4)32-17(2)22-14-19(38)8-12-28(22)49-32/h7-9,11-14,16,21,23-24,30-31,43H,6,10,15H2,1-5H3. The second-order valence-electron chi connectivity index (χ2n) is 13.7. The number of phenolic OH excluding ortho intramolecular Hbond substituents is 1. The summed E-state index contributed by atoms with van der Waals surface area (Å²) in [6.45, 7) is 5.92. The number of hydrogen-bond donors (Lipinski definition) is 1. The highest BCUT2D eigenvalue weighted by Crippen LogP contribution is 2.64. The molecule has 1 saturated carbocycles. The van der Waals surface area contributed by atoms with Crippen molar-refractivity contribution in [3.63, 3.8) is 0 Å². The Bertz CT molecular complexity index is 2170. The van der Waals surface area contributed by atoms with E-state index >= 15 is 0 Å². The van der Waals surface area contributed by atoms with Crippen LogP contribution in [0.4, 0.5) is 5.82 Å². The summed E-state index contributed by atoms with van der Waals surface area (Å²) in [7, 11) is 3.18. The van der Waals surface area contributed by atoms with Crippen LogP contribution >= 0.6 is 22.9 Å². The third-order valence-electron chi connectivity index (χ3n) is 11.4. The van der Waals surface area contributed by atoms with E-state index in [2.05, 4.69) is 0 Å². The maximum atomic E-state index is 15.0. The Kier molecular flexibility index (Phi) is 7.14. The molecular weight excluding hydrogens is 664 g/mol. The number of allylic oxidation sites excluding steroid dienone is 2. The number of aromatic nitrogens is 2. The van der Waals surface area contributed by atoms with Crippen LogP contribution in [0.5, 0.6) is 11.5 Å². The molecule has 4 heterocycles. The van der Waals surface area contributed by atoms with Crippen LogP contribution in [-0.2, 0) is 26.2 Å². The van der Waals surface area contributed by atoms with E-state index in [1.165, 1.54) is 23.0 Å². The van der Waals surface area contributed by atoms with Gasteiger partial charge in [-0.2, -0.15) is 5.10 Å². The van der Waals surface area contributed by atoms with Gasteiger partial charge in [-0.25, -0.2) is 4.90 Å². The second-order valence-corrected chi connectivity index (χ2v) is 15.2. The minimum atomic E-state index is -1.24. The Morgan fingerprint density at radius 1 is 1.06 bits per heavy atom. The van der Waals surface area contributed by atoms with Crippen molar-refractivity contribution in [2.45, 2.75) is 39.5 Å². The van der Waals surface area contributed by atoms with Crippen LogP contribution in [0.25, 0.3) is 20.7 Å². The third-order valence-corrected chi connectivity index (χ3v) is 13.0. The zero-order chi connectivity index (χ0) is 34.7. The van der Waals surface area contributed by atoms with Crippen molar-refractivity contribution in [2.24, 2.45) is 36.1 Å². The van der Waals surface area contributed by atoms with E-state index < -0.39 is 35.0 Å². The lowest BCUT2D eigenvalue weighted by molar-refractivity contribution is -0.140. The Hall–Kier alpha value is -4.48. The molecule has 2 saturated heterocycles. The average molecular weight is 699 g/mol. The minimum absolute atomic E-state index is 0.0511. The van der Waals surface area contributed by atoms with Gasteiger partial charge in [0, 0.05) is 35.3 Å². The molecule has 1 N–H and O–H groups in total. The monoisotopic (exact) mass is 698 g/mol. The van der Waals surface area contributed by atoms with Gasteiger partial charge in [0.1, 0.15) is 11.5 Å². The first-order chi connectivity index (χ1) is 23.4. The molecule has 4 amide bonds. The molecule has 2 aromatic heterocycles. The maximum absolute atomic E-state index is 15.0. The van der Waals surface area contributed by atoms with Gasteiger partial charge in [0.15, 0.2) is 11.5 Å². The van der Waals surface area contributed by atoms with Gasteiger partial charge in [0.25, 0.3) is 0 Å². The van der Waals surface area contributed by atoms with Gasteiger partial charge < -0.3 is 9.84 Å². The summed E-state index contributed by atoms with van der Waals surface area (Å²) in [4.78, 5) is 60.2. The van der Waals surface area contributed by atoms with Gasteiger partial charge in [0.2, 0.25) is 23.6 Å². The number of aryl methyl sites for hydroxylation is 2. The molecule has 4 aromatic rings. The van der Waals surface area contributed by atoms with Crippen LogP contribution in [0.2, 0.25) is 5.02 Å². The number of nitrogens with zero attached hydrogens (tertiary/aromatic N) is 4. The number of amides is 4. The first-order valence-corrected chi connectivity index (χ1v) is 17.6. The lowest BCUT2D eigenvalue weighted by Crippen LogP contribution is -2.48. The number of methoxy groups -OCH3 is 1. The molecule has 2 aromatic carbocycles. The Labute approximate surface area is 291 Å². The fraction of sp³-hybridized carbons (Fsp3) is 0.378. The summed E-state index contributed by atoms with van der Waals surface area (Å²) in [5.41, 5.74) is 1.98. The first-order valence-electron chi connectivity index (χ1n) is 16.4. The summed E-state index contributed by atoms with van der Waals surface area (Å²) >= 11 is 7.87. The van der Waals surface area contributed by atoms with E-state index in [-0.39, 0.29) is 48.1 Å². The summed E-state index contributed by atoms with van der Waals surface area (Å²) in [5, 5.41) is 16.9. The molecule has 0 spiro atoms. The summed E-state index contributed by atoms with van der Waals surface area (Å²) < 4.78 is 8.09. The Morgan fingerprint density at radius 3 is 2.57 bits per heavy atom. The van der Waals surface area contributed by atoms with Crippen molar-refractivity contribution >= 4 is 62.5 Å². The van der Waals surface area contributed by atoms with E-state index in [4.69, 9.17) is 21.4 Å². The molecule has 0 bridgehead atoms. The van der Waals surface area contributed by atoms with Crippen LogP contribution < -0.4 is 9.64 Å². The number of aromatic hydroxyl groups is 1. The van der Waals surface area contributed by atoms with Crippen LogP contribution in [0.15, 0.2) is 54.1 Å². The van der Waals surface area contributed by atoms with Gasteiger partial charge in [-0.15, -0.1) is 11.3 Å². The molecule has 8 rings (SSSR count). The summed E-state index contributed by atoms with van der Waals surface area (Å²) in [6.07, 6.45) is 2.65. The molecule has 0 radical (unpaired) electrons. The molecule has 49 heavy (non-hydrogen) atoms. The third kappa shape index (κ3) is 4.27. The van der Waals surface area contributed by atoms with Crippen molar-refractivity contribution in [2.75, 3.05) is 18.6 Å². The van der Waals surface area contributed by atoms with Crippen molar-refractivity contribution in [1.29, 1.82) is 0 Å². The van der Waals surface area contributed by atoms with Crippen LogP contribution in [0.1, 0.15) is 43.7 Å². The number of carbonyl (C=O) groups excluding carboxylic acids is 4. The van der Waals surface area contributed by atoms with Crippen molar-refractivity contribution < 1.29 is 29.0 Å². The van der Waals surface area contributed by atoms with E-state index in [9.17, 15) is 24.3 Å². The number of phenols is 1. The van der Waals surface area contributed by atoms with Crippen molar-refractivity contribution in [3.05, 3.63) is 70.3 Å². The molecular formula is C37H35ClN4O6S. The van der Waals surface area contributed by atoms with Gasteiger partial charge >= 0.3 is 0 Å². The van der Waals surface area contributed by atoms with Crippen molar-refractivity contribution in [3.8, 4) is 22.1 Å². The number of hydrogen-bond acceptors (Lipinski definition) is 8. The number of halogens is 1. The number of likely N-dealkylation sites (tertiary alicyclic amines) is 1. The predicted molar refractivity (Wildman–Crippen MR) is 185 cm³/mol. The normalized spacial score (nSPS) is 27.9. The van der Waals surface area contributed by atoms with Gasteiger partial charge in [-0.1, -0.05) is 29.3 Å². The molecule has 252 valence electrons. The Morgan fingerprint density at radius 2 is 1.84 bits per heavy atom. The summed E-state index contributed by atoms with van der Waals surface area (Å²) in [5.74, 6) is -3.49. The van der Waals surface area contributed by atoms with Crippen molar-refractivity contribution in [1.82, 2.24) is 14.7 Å². The fourth-order valence-electron chi connectivity index (χ4n) is 9.08. The highest BCUT2D eigenvalue weighted by molar-refractivity contribution is 7.22. The average Bonchev–Trinajstić information content (AvgIpc) is 3.75. The van der Waals surface area contributed by atoms with Gasteiger partial charge in [-0.3, -0.25) is 28.8 Å². The van der Waals surface area contributed by atoms with Crippen LogP contribution in [-0.4, -0.2) is 57.1 Å². The number of anilines is 1. The minimum Gasteiger partial charge on any atom is -0.504 e. The molecule has 10 nitrogen and oxygen atoms in total. The van der Waals surface area contributed by atoms with E-state index in [1.807, 2.05) is 38.1 Å². The SMILES string of the molecule is CCN1C(=O)C2CC=C3C(CC4C(=O)N(c5cc(-c6sc7ccc(Cl)cc7c6C)nn5C)C(=O)C4(C)C3c3ccc(O)c(OC)c3)C2C1=O. The highest BCUT2D eigenvalue weighted by atomic mass is 35.5. The van der Waals surface area contributed by atoms with E-state index in [0.717, 1.165) is 26.1 Å². The number of imide groups is 2. The zero-order valence-electron chi connectivity index (χ0n) is 27.7. The number of thiophene rings is 1. The lowest BCUT2D eigenvalue weighted by Gasteiger charge is -2.49. The quantitative estimate of drug-likeness (QED) is 0.194. The van der Waals surface area contributed by atoms with Gasteiger partial charge in [0.05, 0.1) is 35.2 Å². The number of rotatable bonds is 5. The van der Waals surface area contributed by atoms with E-state index in [1.54, 1.807) is 48.2 Å². The molecule has 6 unspecified atom stereocenters. The largest absolute Gasteiger partial charge is 0.504 e. The molecule has 2 aliphatic heterocycles. The molecule has 6 atom stereocenters. The second kappa shape index (κ2) is 11.0. The maximum Gasteiger partial charge on any atom is 0.242 e. The predicted octanol–water partition coefficient (Wildman–Crippen LogP) is 6.23. The topological polar surface area (TPSA) is 122 Å². The highest BCUT2D eigenvalue weighted by Gasteiger charge is 2.68. The Balaban J connectivity index is 1.26.